The first-order chi connectivity index (χ1) is 7.70. The molecule has 6 nitrogen and oxygen atoms in total. The molecule has 92 valence electrons. The van der Waals surface area contributed by atoms with Gasteiger partial charge in [0.05, 0.1) is 13.1 Å². The lowest BCUT2D eigenvalue weighted by Crippen LogP contribution is -2.30. The molecule has 0 unspecified atom stereocenters. The molecule has 0 spiro atoms. The summed E-state index contributed by atoms with van der Waals surface area (Å²) in [5.74, 6) is -0.276. The van der Waals surface area contributed by atoms with Gasteiger partial charge < -0.3 is 21.2 Å². The van der Waals surface area contributed by atoms with Gasteiger partial charge in [-0.25, -0.2) is 0 Å². The van der Waals surface area contributed by atoms with Crippen molar-refractivity contribution in [1.82, 2.24) is 10.6 Å². The zero-order chi connectivity index (χ0) is 12.2. The van der Waals surface area contributed by atoms with E-state index in [1.54, 1.807) is 0 Å². The smallest absolute Gasteiger partial charge is 0.233 e. The van der Waals surface area contributed by atoms with Crippen molar-refractivity contribution >= 4 is 18.1 Å². The van der Waals surface area contributed by atoms with Crippen LogP contribution in [-0.4, -0.2) is 37.7 Å². The van der Waals surface area contributed by atoms with Crippen molar-refractivity contribution in [3.05, 3.63) is 0 Å². The lowest BCUT2D eigenvalue weighted by atomic mass is 10.2. The Kier molecular flexibility index (Phi) is 9.20. The van der Waals surface area contributed by atoms with Crippen molar-refractivity contribution in [3.63, 3.8) is 0 Å². The van der Waals surface area contributed by atoms with Gasteiger partial charge in [-0.3, -0.25) is 9.59 Å². The minimum Gasteiger partial charge on any atom is -0.355 e. The van der Waals surface area contributed by atoms with E-state index in [0.717, 1.165) is 19.3 Å². The van der Waals surface area contributed by atoms with E-state index in [1.165, 1.54) is 0 Å². The van der Waals surface area contributed by atoms with Gasteiger partial charge in [0.2, 0.25) is 11.8 Å². The lowest BCUT2D eigenvalue weighted by Gasteiger charge is -2.03. The van der Waals surface area contributed by atoms with Gasteiger partial charge in [-0.1, -0.05) is 6.42 Å². The zero-order valence-corrected chi connectivity index (χ0v) is 9.33. The first kappa shape index (κ1) is 14.6. The molecule has 0 saturated carbocycles. The molecule has 4 N–H and O–H groups in total. The highest BCUT2D eigenvalue weighted by Gasteiger charge is 2.00. The van der Waals surface area contributed by atoms with E-state index in [-0.39, 0.29) is 24.9 Å². The highest BCUT2D eigenvalue weighted by molar-refractivity contribution is 5.78. The molecular weight excluding hydrogens is 210 g/mol. The van der Waals surface area contributed by atoms with Crippen LogP contribution < -0.4 is 16.4 Å². The minimum atomic E-state index is -0.163. The summed E-state index contributed by atoms with van der Waals surface area (Å²) >= 11 is 0. The lowest BCUT2D eigenvalue weighted by molar-refractivity contribution is -0.122. The molecule has 16 heavy (non-hydrogen) atoms. The summed E-state index contributed by atoms with van der Waals surface area (Å²) in [6.07, 6.45) is 3.51. The third-order valence-corrected chi connectivity index (χ3v) is 1.97. The molecule has 0 aromatic rings. The van der Waals surface area contributed by atoms with Crippen LogP contribution in [0.3, 0.4) is 0 Å². The summed E-state index contributed by atoms with van der Waals surface area (Å²) in [5, 5.41) is 5.10. The number of nitrogens with two attached hydrogens (primary N) is 1. The monoisotopic (exact) mass is 229 g/mol. The molecule has 6 heteroatoms. The van der Waals surface area contributed by atoms with E-state index in [9.17, 15) is 14.4 Å². The van der Waals surface area contributed by atoms with Crippen LogP contribution in [0.2, 0.25) is 0 Å². The van der Waals surface area contributed by atoms with Crippen LogP contribution >= 0.6 is 0 Å². The van der Waals surface area contributed by atoms with Crippen LogP contribution in [0.5, 0.6) is 0 Å². The molecule has 0 radical (unpaired) electrons. The summed E-state index contributed by atoms with van der Waals surface area (Å²) in [6, 6.07) is 0. The van der Waals surface area contributed by atoms with Crippen LogP contribution in [0, 0.1) is 0 Å². The van der Waals surface area contributed by atoms with E-state index in [2.05, 4.69) is 10.6 Å². The fourth-order valence-corrected chi connectivity index (χ4v) is 1.13. The summed E-state index contributed by atoms with van der Waals surface area (Å²) in [7, 11) is 0. The largest absolute Gasteiger partial charge is 0.355 e. The number of amides is 2. The van der Waals surface area contributed by atoms with Crippen molar-refractivity contribution in [2.75, 3.05) is 19.6 Å². The molecule has 0 heterocycles. The predicted molar refractivity (Wildman–Crippen MR) is 59.6 cm³/mol. The fraction of sp³-hybridized carbons (Fsp3) is 0.700. The Labute approximate surface area is 94.9 Å². The Balaban J connectivity index is 3.23. The Bertz CT molecular complexity index is 231. The first-order valence-corrected chi connectivity index (χ1v) is 5.37. The van der Waals surface area contributed by atoms with Gasteiger partial charge >= 0.3 is 0 Å². The van der Waals surface area contributed by atoms with Gasteiger partial charge in [-0.15, -0.1) is 0 Å². The Morgan fingerprint density at radius 1 is 1.06 bits per heavy atom. The average Bonchev–Trinajstić information content (AvgIpc) is 2.30. The van der Waals surface area contributed by atoms with Crippen molar-refractivity contribution in [1.29, 1.82) is 0 Å². The summed E-state index contributed by atoms with van der Waals surface area (Å²) in [5.41, 5.74) is 5.11. The van der Waals surface area contributed by atoms with E-state index in [0.29, 0.717) is 19.3 Å². The maximum atomic E-state index is 11.0. The highest BCUT2D eigenvalue weighted by atomic mass is 16.2. The molecule has 0 aliphatic heterocycles. The SMILES string of the molecule is NCC(=O)NCCCCCC(=O)NCC=O. The van der Waals surface area contributed by atoms with E-state index in [1.807, 2.05) is 0 Å². The Morgan fingerprint density at radius 3 is 2.44 bits per heavy atom. The van der Waals surface area contributed by atoms with Crippen LogP contribution in [-0.2, 0) is 14.4 Å². The maximum absolute atomic E-state index is 11.0. The number of hydrogen-bond donors (Lipinski definition) is 3. The van der Waals surface area contributed by atoms with Gasteiger partial charge in [-0.05, 0) is 12.8 Å². The average molecular weight is 229 g/mol. The Hall–Kier alpha value is -1.43. The molecular formula is C10H19N3O3. The minimum absolute atomic E-state index is 0.00804. The van der Waals surface area contributed by atoms with E-state index >= 15 is 0 Å². The highest BCUT2D eigenvalue weighted by Crippen LogP contribution is 1.98. The summed E-state index contributed by atoms with van der Waals surface area (Å²) < 4.78 is 0. The Morgan fingerprint density at radius 2 is 1.81 bits per heavy atom. The molecule has 0 aromatic carbocycles. The third-order valence-electron chi connectivity index (χ3n) is 1.97. The number of rotatable bonds is 9. The summed E-state index contributed by atoms with van der Waals surface area (Å²) in [6.45, 7) is 0.672. The van der Waals surface area contributed by atoms with Crippen molar-refractivity contribution in [3.8, 4) is 0 Å². The topological polar surface area (TPSA) is 101 Å². The van der Waals surface area contributed by atoms with Crippen LogP contribution in [0.15, 0.2) is 0 Å². The van der Waals surface area contributed by atoms with Crippen LogP contribution in [0.4, 0.5) is 0 Å². The second kappa shape index (κ2) is 10.1. The van der Waals surface area contributed by atoms with Gasteiger partial charge in [0.15, 0.2) is 0 Å². The van der Waals surface area contributed by atoms with Gasteiger partial charge in [0.25, 0.3) is 0 Å². The van der Waals surface area contributed by atoms with Crippen LogP contribution in [0.25, 0.3) is 0 Å². The number of aldehydes is 1. The molecule has 0 saturated heterocycles. The van der Waals surface area contributed by atoms with Gasteiger partial charge in [-0.2, -0.15) is 0 Å². The predicted octanol–water partition coefficient (Wildman–Crippen LogP) is -1.06. The molecule has 0 aliphatic carbocycles. The molecule has 0 aromatic heterocycles. The van der Waals surface area contributed by atoms with E-state index in [4.69, 9.17) is 5.73 Å². The molecule has 0 atom stereocenters. The number of carbonyl (C=O) groups is 3. The number of nitrogens with one attached hydrogen (secondary N) is 2. The maximum Gasteiger partial charge on any atom is 0.233 e. The number of carbonyl (C=O) groups excluding carboxylic acids is 3. The number of unbranched alkanes of at least 4 members (excludes halogenated alkanes) is 2. The van der Waals surface area contributed by atoms with Gasteiger partial charge in [0, 0.05) is 13.0 Å². The van der Waals surface area contributed by atoms with E-state index < -0.39 is 0 Å². The third kappa shape index (κ3) is 9.14. The first-order valence-electron chi connectivity index (χ1n) is 5.37. The molecule has 0 aliphatic rings. The van der Waals surface area contributed by atoms with Crippen molar-refractivity contribution in [2.24, 2.45) is 5.73 Å². The molecule has 0 bridgehead atoms. The zero-order valence-electron chi connectivity index (χ0n) is 9.33. The second-order valence-corrected chi connectivity index (χ2v) is 3.34. The quantitative estimate of drug-likeness (QED) is 0.346. The molecule has 0 rings (SSSR count). The fourth-order valence-electron chi connectivity index (χ4n) is 1.13. The van der Waals surface area contributed by atoms with Gasteiger partial charge in [0.1, 0.15) is 6.29 Å². The normalized spacial score (nSPS) is 9.56. The summed E-state index contributed by atoms with van der Waals surface area (Å²) in [4.78, 5) is 31.7. The second-order valence-electron chi connectivity index (χ2n) is 3.34. The molecule has 2 amide bonds. The molecule has 0 fully saturated rings. The standard InChI is InChI=1S/C10H19N3O3/c11-8-10(16)12-5-3-1-2-4-9(15)13-6-7-14/h7H,1-6,8,11H2,(H,12,16)(H,13,15). The van der Waals surface area contributed by atoms with Crippen molar-refractivity contribution in [2.45, 2.75) is 25.7 Å². The number of hydrogen-bond acceptors (Lipinski definition) is 4. The van der Waals surface area contributed by atoms with Crippen molar-refractivity contribution < 1.29 is 14.4 Å². The van der Waals surface area contributed by atoms with Crippen LogP contribution in [0.1, 0.15) is 25.7 Å².